The van der Waals surface area contributed by atoms with Gasteiger partial charge in [0, 0.05) is 19.0 Å². The van der Waals surface area contributed by atoms with Gasteiger partial charge in [-0.05, 0) is 56.2 Å². The number of nitrogens with zero attached hydrogens (tertiary/aromatic N) is 1. The monoisotopic (exact) mass is 427 g/mol. The molecule has 0 spiro atoms. The van der Waals surface area contributed by atoms with E-state index >= 15 is 0 Å². The number of benzene rings is 1. The molecule has 1 rings (SSSR count). The summed E-state index contributed by atoms with van der Waals surface area (Å²) in [5.41, 5.74) is 0.965. The number of amides is 1. The van der Waals surface area contributed by atoms with Crippen molar-refractivity contribution < 1.29 is 22.1 Å². The Balaban J connectivity index is 3.02. The summed E-state index contributed by atoms with van der Waals surface area (Å²) >= 11 is 0. The summed E-state index contributed by atoms with van der Waals surface area (Å²) in [6.45, 7) is 14.5. The van der Waals surface area contributed by atoms with Crippen LogP contribution in [0, 0.1) is 11.3 Å². The van der Waals surface area contributed by atoms with Crippen LogP contribution in [-0.4, -0.2) is 38.1 Å². The summed E-state index contributed by atoms with van der Waals surface area (Å²) in [6, 6.07) is 5.15. The molecule has 0 heterocycles. The van der Waals surface area contributed by atoms with Gasteiger partial charge >= 0.3 is 10.1 Å². The van der Waals surface area contributed by atoms with E-state index < -0.39 is 10.1 Å². The Morgan fingerprint density at radius 1 is 1.14 bits per heavy atom. The van der Waals surface area contributed by atoms with Crippen molar-refractivity contribution in [3.63, 3.8) is 0 Å². The van der Waals surface area contributed by atoms with Crippen LogP contribution in [0.2, 0.25) is 0 Å². The smallest absolute Gasteiger partial charge is 0.309 e. The number of rotatable bonds is 10. The predicted octanol–water partition coefficient (Wildman–Crippen LogP) is 4.62. The molecular formula is C22H37NO5S. The predicted molar refractivity (Wildman–Crippen MR) is 117 cm³/mol. The normalized spacial score (nSPS) is 13.3. The lowest BCUT2D eigenvalue weighted by molar-refractivity contribution is -0.134. The Morgan fingerprint density at radius 3 is 2.24 bits per heavy atom. The molecule has 166 valence electrons. The van der Waals surface area contributed by atoms with Gasteiger partial charge in [0.2, 0.25) is 5.91 Å². The molecule has 0 aliphatic rings. The van der Waals surface area contributed by atoms with Crippen LogP contribution in [0.4, 0.5) is 0 Å². The fourth-order valence-corrected chi connectivity index (χ4v) is 3.89. The standard InChI is InChI=1S/C22H37NO5S/c1-9-29(25,26)28-20-13-18(10-11-19(20)27-8)15-23(16(2)3)21(24)12-17(4)14-22(5,6)7/h10-11,13,16-17H,9,12,14-15H2,1-8H3. The number of hydrogen-bond donors (Lipinski definition) is 0. The van der Waals surface area contributed by atoms with Crippen LogP contribution in [0.25, 0.3) is 0 Å². The number of carbonyl (C=O) groups is 1. The second-order valence-electron chi connectivity index (χ2n) is 9.10. The van der Waals surface area contributed by atoms with Gasteiger partial charge in [0.25, 0.3) is 0 Å². The molecule has 0 radical (unpaired) electrons. The van der Waals surface area contributed by atoms with Gasteiger partial charge in [-0.2, -0.15) is 8.42 Å². The Bertz CT molecular complexity index is 781. The van der Waals surface area contributed by atoms with E-state index in [0.29, 0.717) is 18.7 Å². The molecule has 0 aliphatic heterocycles. The zero-order valence-electron chi connectivity index (χ0n) is 19.1. The quantitative estimate of drug-likeness (QED) is 0.509. The molecule has 0 aliphatic carbocycles. The van der Waals surface area contributed by atoms with Crippen molar-refractivity contribution in [3.05, 3.63) is 23.8 Å². The SMILES string of the molecule is CCS(=O)(=O)Oc1cc(CN(C(=O)CC(C)CC(C)(C)C)C(C)C)ccc1OC. The van der Waals surface area contributed by atoms with E-state index in [-0.39, 0.29) is 34.8 Å². The molecule has 0 N–H and O–H groups in total. The van der Waals surface area contributed by atoms with Gasteiger partial charge < -0.3 is 13.8 Å². The van der Waals surface area contributed by atoms with Crippen LogP contribution in [0.5, 0.6) is 11.5 Å². The highest BCUT2D eigenvalue weighted by Gasteiger charge is 2.23. The number of methoxy groups -OCH3 is 1. The first-order valence-corrected chi connectivity index (χ1v) is 11.7. The van der Waals surface area contributed by atoms with Crippen molar-refractivity contribution in [1.82, 2.24) is 4.90 Å². The molecule has 1 aromatic carbocycles. The lowest BCUT2D eigenvalue weighted by atomic mass is 9.84. The molecule has 1 unspecified atom stereocenters. The van der Waals surface area contributed by atoms with Crippen LogP contribution in [-0.2, 0) is 21.5 Å². The molecular weight excluding hydrogens is 390 g/mol. The fraction of sp³-hybridized carbons (Fsp3) is 0.682. The summed E-state index contributed by atoms with van der Waals surface area (Å²) in [7, 11) is -2.22. The van der Waals surface area contributed by atoms with Crippen molar-refractivity contribution >= 4 is 16.0 Å². The number of ether oxygens (including phenoxy) is 1. The van der Waals surface area contributed by atoms with Gasteiger partial charge in [-0.25, -0.2) is 0 Å². The van der Waals surface area contributed by atoms with Crippen LogP contribution in [0.3, 0.4) is 0 Å². The van der Waals surface area contributed by atoms with E-state index in [2.05, 4.69) is 27.7 Å². The molecule has 0 aromatic heterocycles. The average Bonchev–Trinajstić information content (AvgIpc) is 2.57. The lowest BCUT2D eigenvalue weighted by Gasteiger charge is -2.30. The third-order valence-corrected chi connectivity index (χ3v) is 5.72. The van der Waals surface area contributed by atoms with E-state index in [1.54, 1.807) is 12.1 Å². The lowest BCUT2D eigenvalue weighted by Crippen LogP contribution is -2.37. The van der Waals surface area contributed by atoms with E-state index in [0.717, 1.165) is 12.0 Å². The minimum atomic E-state index is -3.68. The highest BCUT2D eigenvalue weighted by molar-refractivity contribution is 7.87. The maximum absolute atomic E-state index is 12.9. The summed E-state index contributed by atoms with van der Waals surface area (Å²) in [5.74, 6) is 0.725. The minimum Gasteiger partial charge on any atom is -0.493 e. The molecule has 0 fully saturated rings. The minimum absolute atomic E-state index is 0.0233. The second kappa shape index (κ2) is 10.3. The van der Waals surface area contributed by atoms with Crippen molar-refractivity contribution in [2.75, 3.05) is 12.9 Å². The second-order valence-corrected chi connectivity index (χ2v) is 11.0. The molecule has 1 aromatic rings. The van der Waals surface area contributed by atoms with Crippen LogP contribution < -0.4 is 8.92 Å². The first-order valence-electron chi connectivity index (χ1n) is 10.2. The van der Waals surface area contributed by atoms with Crippen LogP contribution in [0.1, 0.15) is 66.9 Å². The van der Waals surface area contributed by atoms with E-state index in [1.807, 2.05) is 24.8 Å². The van der Waals surface area contributed by atoms with Gasteiger partial charge in [0.1, 0.15) is 0 Å². The van der Waals surface area contributed by atoms with E-state index in [9.17, 15) is 13.2 Å². The molecule has 1 amide bonds. The van der Waals surface area contributed by atoms with Gasteiger partial charge in [0.05, 0.1) is 12.9 Å². The van der Waals surface area contributed by atoms with Gasteiger partial charge in [-0.15, -0.1) is 0 Å². The first kappa shape index (κ1) is 25.3. The van der Waals surface area contributed by atoms with Crippen molar-refractivity contribution in [2.45, 2.75) is 73.9 Å². The fourth-order valence-electron chi connectivity index (χ4n) is 3.37. The molecule has 0 bridgehead atoms. The summed E-state index contributed by atoms with van der Waals surface area (Å²) < 4.78 is 34.2. The number of hydrogen-bond acceptors (Lipinski definition) is 5. The molecule has 0 saturated heterocycles. The van der Waals surface area contributed by atoms with E-state index in [1.165, 1.54) is 14.0 Å². The van der Waals surface area contributed by atoms with Gasteiger partial charge in [-0.3, -0.25) is 4.79 Å². The van der Waals surface area contributed by atoms with Gasteiger partial charge in [0.15, 0.2) is 11.5 Å². The van der Waals surface area contributed by atoms with Crippen LogP contribution >= 0.6 is 0 Å². The van der Waals surface area contributed by atoms with Crippen molar-refractivity contribution in [3.8, 4) is 11.5 Å². The summed E-state index contributed by atoms with van der Waals surface area (Å²) in [6.07, 6.45) is 1.46. The third kappa shape index (κ3) is 8.64. The maximum Gasteiger partial charge on any atom is 0.309 e. The van der Waals surface area contributed by atoms with E-state index in [4.69, 9.17) is 8.92 Å². The van der Waals surface area contributed by atoms with Gasteiger partial charge in [-0.1, -0.05) is 33.8 Å². The Hall–Kier alpha value is -1.76. The number of carbonyl (C=O) groups excluding carboxylic acids is 1. The Kier molecular flexibility index (Phi) is 9.00. The molecule has 29 heavy (non-hydrogen) atoms. The van der Waals surface area contributed by atoms with Crippen LogP contribution in [0.15, 0.2) is 18.2 Å². The Labute approximate surface area is 176 Å². The average molecular weight is 428 g/mol. The molecule has 0 saturated carbocycles. The topological polar surface area (TPSA) is 72.9 Å². The maximum atomic E-state index is 12.9. The summed E-state index contributed by atoms with van der Waals surface area (Å²) in [4.78, 5) is 14.8. The third-order valence-electron chi connectivity index (χ3n) is 4.58. The highest BCUT2D eigenvalue weighted by atomic mass is 32.2. The molecule has 7 heteroatoms. The largest absolute Gasteiger partial charge is 0.493 e. The van der Waals surface area contributed by atoms with Crippen molar-refractivity contribution in [2.24, 2.45) is 11.3 Å². The first-order chi connectivity index (χ1) is 13.3. The molecule has 1 atom stereocenters. The zero-order chi connectivity index (χ0) is 22.4. The molecule has 6 nitrogen and oxygen atoms in total. The van der Waals surface area contributed by atoms with Crippen molar-refractivity contribution in [1.29, 1.82) is 0 Å². The zero-order valence-corrected chi connectivity index (χ0v) is 19.9. The Morgan fingerprint density at radius 2 is 1.76 bits per heavy atom. The summed E-state index contributed by atoms with van der Waals surface area (Å²) in [5, 5.41) is 0. The highest BCUT2D eigenvalue weighted by Crippen LogP contribution is 2.31.